The minimum atomic E-state index is -6.87. The van der Waals surface area contributed by atoms with Crippen LogP contribution in [0.3, 0.4) is 0 Å². The van der Waals surface area contributed by atoms with Gasteiger partial charge in [-0.1, -0.05) is 13.8 Å². The van der Waals surface area contributed by atoms with E-state index in [1.807, 2.05) is 0 Å². The third-order valence-electron chi connectivity index (χ3n) is 3.38. The Hall–Kier alpha value is -0.890. The highest BCUT2D eigenvalue weighted by Gasteiger charge is 2.68. The molecule has 0 bridgehead atoms. The van der Waals surface area contributed by atoms with Crippen molar-refractivity contribution in [3.8, 4) is 0 Å². The second kappa shape index (κ2) is 7.02. The first-order chi connectivity index (χ1) is 10.7. The SMILES string of the molecule is CCCC(C(C)C(C)(C)N)=[N+](S(=O)(=O)C(F)(F)F)S(=O)(=O)C(F)(F)F. The van der Waals surface area contributed by atoms with Crippen LogP contribution in [0.1, 0.15) is 40.5 Å². The van der Waals surface area contributed by atoms with Gasteiger partial charge in [0, 0.05) is 15.3 Å². The van der Waals surface area contributed by atoms with Crippen LogP contribution in [-0.4, -0.2) is 42.5 Å². The van der Waals surface area contributed by atoms with E-state index in [9.17, 15) is 43.2 Å². The van der Waals surface area contributed by atoms with Gasteiger partial charge in [-0.25, -0.2) is 0 Å². The summed E-state index contributed by atoms with van der Waals surface area (Å²) in [5, 5.41) is 0. The molecule has 14 heteroatoms. The number of rotatable bonds is 6. The van der Waals surface area contributed by atoms with E-state index in [2.05, 4.69) is 0 Å². The number of sulfonamides is 2. The lowest BCUT2D eigenvalue weighted by Gasteiger charge is -2.26. The van der Waals surface area contributed by atoms with Crippen LogP contribution in [0, 0.1) is 5.92 Å². The third-order valence-corrected chi connectivity index (χ3v) is 7.07. The summed E-state index contributed by atoms with van der Waals surface area (Å²) in [7, 11) is -13.7. The predicted molar refractivity (Wildman–Crippen MR) is 77.6 cm³/mol. The Morgan fingerprint density at radius 1 is 0.960 bits per heavy atom. The van der Waals surface area contributed by atoms with E-state index in [-0.39, 0.29) is 6.42 Å². The minimum absolute atomic E-state index is 0.118. The van der Waals surface area contributed by atoms with Gasteiger partial charge >= 0.3 is 31.1 Å². The van der Waals surface area contributed by atoms with E-state index < -0.39 is 58.0 Å². The van der Waals surface area contributed by atoms with E-state index >= 15 is 0 Å². The largest absolute Gasteiger partial charge is 0.561 e. The van der Waals surface area contributed by atoms with Crippen LogP contribution in [0.5, 0.6) is 0 Å². The van der Waals surface area contributed by atoms with E-state index in [0.717, 1.165) is 6.92 Å². The average Bonchev–Trinajstić information content (AvgIpc) is 2.32. The summed E-state index contributed by atoms with van der Waals surface area (Å²) in [5.74, 6) is -1.43. The van der Waals surface area contributed by atoms with Gasteiger partial charge in [-0.3, -0.25) is 0 Å². The highest BCUT2D eigenvalue weighted by atomic mass is 32.3. The van der Waals surface area contributed by atoms with Crippen molar-refractivity contribution in [1.82, 2.24) is 0 Å². The molecule has 0 aliphatic rings. The smallest absolute Gasteiger partial charge is 0.325 e. The summed E-state index contributed by atoms with van der Waals surface area (Å²) in [4.78, 5) is 0. The molecule has 0 spiro atoms. The summed E-state index contributed by atoms with van der Waals surface area (Å²) in [5.41, 5.74) is -9.47. The third kappa shape index (κ3) is 4.84. The molecular weight excluding hydrogens is 402 g/mol. The molecule has 25 heavy (non-hydrogen) atoms. The van der Waals surface area contributed by atoms with Crippen molar-refractivity contribution in [2.24, 2.45) is 11.7 Å². The molecule has 0 aromatic carbocycles. The number of alkyl halides is 6. The molecule has 6 nitrogen and oxygen atoms in total. The molecule has 1 atom stereocenters. The number of hydrogen-bond donors (Lipinski definition) is 1. The normalized spacial score (nSPS) is 15.8. The summed E-state index contributed by atoms with van der Waals surface area (Å²) in [6, 6.07) is 0. The molecule has 1 unspecified atom stereocenters. The van der Waals surface area contributed by atoms with Crippen molar-refractivity contribution in [2.45, 2.75) is 57.1 Å². The Morgan fingerprint density at radius 3 is 1.48 bits per heavy atom. The first-order valence-corrected chi connectivity index (χ1v) is 9.68. The summed E-state index contributed by atoms with van der Waals surface area (Å²) < 4.78 is 122. The van der Waals surface area contributed by atoms with Gasteiger partial charge in [-0.15, -0.1) is 0 Å². The van der Waals surface area contributed by atoms with Crippen molar-refractivity contribution >= 4 is 25.8 Å². The molecule has 150 valence electrons. The highest BCUT2D eigenvalue weighted by Crippen LogP contribution is 2.34. The maximum Gasteiger partial charge on any atom is 0.561 e. The minimum Gasteiger partial charge on any atom is -0.325 e. The molecule has 0 amide bonds. The zero-order valence-corrected chi connectivity index (χ0v) is 15.4. The van der Waals surface area contributed by atoms with E-state index in [4.69, 9.17) is 5.73 Å². The Morgan fingerprint density at radius 2 is 1.28 bits per heavy atom. The van der Waals surface area contributed by atoms with Crippen molar-refractivity contribution < 1.29 is 46.6 Å². The topological polar surface area (TPSA) is 97.3 Å². The second-order valence-corrected chi connectivity index (χ2v) is 9.67. The summed E-state index contributed by atoms with van der Waals surface area (Å²) in [6.07, 6.45) is -0.778. The van der Waals surface area contributed by atoms with Gasteiger partial charge in [0.05, 0.1) is 5.92 Å². The molecule has 0 radical (unpaired) electrons. The first kappa shape index (κ1) is 24.1. The number of halogens is 6. The maximum absolute atomic E-state index is 12.9. The van der Waals surface area contributed by atoms with Crippen molar-refractivity contribution in [2.75, 3.05) is 0 Å². The zero-order valence-electron chi connectivity index (χ0n) is 13.7. The van der Waals surface area contributed by atoms with Crippen LogP contribution < -0.4 is 5.73 Å². The van der Waals surface area contributed by atoms with Crippen molar-refractivity contribution in [3.05, 3.63) is 0 Å². The Balaban J connectivity index is 7.32. The van der Waals surface area contributed by atoms with E-state index in [1.54, 1.807) is 0 Å². The molecule has 0 rings (SSSR count). The van der Waals surface area contributed by atoms with Gasteiger partial charge in [-0.2, -0.15) is 43.2 Å². The summed E-state index contributed by atoms with van der Waals surface area (Å²) in [6.45, 7) is 4.81. The van der Waals surface area contributed by atoms with Crippen LogP contribution in [0.4, 0.5) is 26.3 Å². The van der Waals surface area contributed by atoms with Crippen LogP contribution in [0.25, 0.3) is 0 Å². The molecule has 2 N–H and O–H groups in total. The van der Waals surface area contributed by atoms with E-state index in [1.165, 1.54) is 20.8 Å². The number of hydrogen-bond acceptors (Lipinski definition) is 5. The monoisotopic (exact) mass is 421 g/mol. The van der Waals surface area contributed by atoms with Gasteiger partial charge in [0.1, 0.15) is 0 Å². The molecule has 0 aliphatic heterocycles. The lowest BCUT2D eigenvalue weighted by Crippen LogP contribution is -2.52. The second-order valence-electron chi connectivity index (χ2n) is 5.88. The first-order valence-electron chi connectivity index (χ1n) is 6.80. The van der Waals surface area contributed by atoms with Crippen LogP contribution in [0.15, 0.2) is 0 Å². The van der Waals surface area contributed by atoms with Gasteiger partial charge in [0.25, 0.3) is 0 Å². The van der Waals surface area contributed by atoms with Gasteiger partial charge in [0.2, 0.25) is 0 Å². The van der Waals surface area contributed by atoms with Crippen LogP contribution >= 0.6 is 0 Å². The van der Waals surface area contributed by atoms with Crippen LogP contribution in [0.2, 0.25) is 0 Å². The van der Waals surface area contributed by atoms with Gasteiger partial charge in [-0.05, 0) is 20.3 Å². The Kier molecular flexibility index (Phi) is 6.77. The molecule has 0 saturated carbocycles. The van der Waals surface area contributed by atoms with Gasteiger partial charge in [0.15, 0.2) is 5.71 Å². The molecule has 0 saturated heterocycles. The molecule has 0 aromatic heterocycles. The lowest BCUT2D eigenvalue weighted by atomic mass is 9.85. The predicted octanol–water partition coefficient (Wildman–Crippen LogP) is 2.31. The zero-order chi connectivity index (χ0) is 20.6. The van der Waals surface area contributed by atoms with Gasteiger partial charge < -0.3 is 5.73 Å². The standard InChI is InChI=1S/C11H19F6N2O4S2/c1-5-6-8(7(2)9(3,4)18)19(24(20,21)10(12,13)14)25(22,23)11(15,16)17/h7H,5-6,18H2,1-4H3/q+1. The Bertz CT molecular complexity index is 684. The molecule has 0 aromatic rings. The molecular formula is C11H19F6N2O4S2+. The van der Waals surface area contributed by atoms with Crippen molar-refractivity contribution in [1.29, 1.82) is 0 Å². The number of nitrogens with two attached hydrogens (primary N) is 1. The molecule has 0 heterocycles. The average molecular weight is 421 g/mol. The van der Waals surface area contributed by atoms with Crippen molar-refractivity contribution in [3.63, 3.8) is 0 Å². The fraction of sp³-hybridized carbons (Fsp3) is 0.909. The fourth-order valence-corrected chi connectivity index (χ4v) is 4.81. The lowest BCUT2D eigenvalue weighted by molar-refractivity contribution is -0.237. The summed E-state index contributed by atoms with van der Waals surface area (Å²) >= 11 is 0. The Labute approximate surface area is 141 Å². The fourth-order valence-electron chi connectivity index (χ4n) is 1.78. The van der Waals surface area contributed by atoms with E-state index in [0.29, 0.717) is 0 Å². The maximum atomic E-state index is 12.9. The van der Waals surface area contributed by atoms with Crippen LogP contribution in [-0.2, 0) is 20.0 Å². The quantitative estimate of drug-likeness (QED) is 0.403. The highest BCUT2D eigenvalue weighted by molar-refractivity contribution is 7.98. The molecule has 0 fully saturated rings. The molecule has 0 aliphatic carbocycles. The number of nitrogens with zero attached hydrogens (tertiary/aromatic N) is 1.